The smallest absolute Gasteiger partial charge is 0.287 e. The van der Waals surface area contributed by atoms with E-state index in [-0.39, 0.29) is 17.7 Å². The third-order valence-corrected chi connectivity index (χ3v) is 6.28. The Morgan fingerprint density at radius 3 is 2.70 bits per heavy atom. The second kappa shape index (κ2) is 6.98. The molecule has 2 aromatic rings. The number of hydrogen-bond acceptors (Lipinski definition) is 6. The summed E-state index contributed by atoms with van der Waals surface area (Å²) in [5.41, 5.74) is -0.806. The number of para-hydroxylation sites is 1. The molecule has 3 rings (SSSR count). The molecule has 1 amide bonds. The zero-order chi connectivity index (χ0) is 16.3. The first-order valence-corrected chi connectivity index (χ1v) is 9.57. The Labute approximate surface area is 141 Å². The van der Waals surface area contributed by atoms with Gasteiger partial charge in [0, 0.05) is 35.6 Å². The fraction of sp³-hybridized carbons (Fsp3) is 0.375. The van der Waals surface area contributed by atoms with Crippen molar-refractivity contribution in [3.05, 3.63) is 46.3 Å². The van der Waals surface area contributed by atoms with Crippen molar-refractivity contribution in [3.63, 3.8) is 0 Å². The Hall–Kier alpha value is -1.44. The molecule has 1 saturated heterocycles. The van der Waals surface area contributed by atoms with Crippen LogP contribution in [-0.4, -0.2) is 46.2 Å². The van der Waals surface area contributed by atoms with Gasteiger partial charge in [0.15, 0.2) is 11.2 Å². The van der Waals surface area contributed by atoms with Gasteiger partial charge in [-0.25, -0.2) is 0 Å². The number of aliphatic hydroxyl groups is 1. The molecule has 7 heteroatoms. The molecule has 1 aromatic heterocycles. The van der Waals surface area contributed by atoms with Crippen molar-refractivity contribution in [1.82, 2.24) is 5.32 Å². The third-order valence-electron chi connectivity index (χ3n) is 3.55. The van der Waals surface area contributed by atoms with Crippen LogP contribution in [0.25, 0.3) is 11.0 Å². The van der Waals surface area contributed by atoms with Crippen LogP contribution in [-0.2, 0) is 0 Å². The molecular formula is C16H17NO4S2. The van der Waals surface area contributed by atoms with Crippen LogP contribution in [0.5, 0.6) is 0 Å². The van der Waals surface area contributed by atoms with Crippen molar-refractivity contribution >= 4 is 40.4 Å². The molecule has 0 radical (unpaired) electrons. The topological polar surface area (TPSA) is 79.5 Å². The predicted octanol–water partition coefficient (Wildman–Crippen LogP) is 1.73. The van der Waals surface area contributed by atoms with E-state index in [9.17, 15) is 14.7 Å². The van der Waals surface area contributed by atoms with Crippen molar-refractivity contribution in [2.75, 3.05) is 29.6 Å². The minimum absolute atomic E-state index is 0.0359. The first kappa shape index (κ1) is 16.4. The van der Waals surface area contributed by atoms with E-state index in [1.165, 1.54) is 6.07 Å². The second-order valence-electron chi connectivity index (χ2n) is 5.48. The van der Waals surface area contributed by atoms with Gasteiger partial charge in [-0.15, -0.1) is 0 Å². The quantitative estimate of drug-likeness (QED) is 0.877. The summed E-state index contributed by atoms with van der Waals surface area (Å²) in [6.45, 7) is 0.141. The summed E-state index contributed by atoms with van der Waals surface area (Å²) in [5.74, 6) is 2.65. The molecule has 23 heavy (non-hydrogen) atoms. The molecule has 2 N–H and O–H groups in total. The van der Waals surface area contributed by atoms with E-state index in [2.05, 4.69) is 5.32 Å². The van der Waals surface area contributed by atoms with Crippen LogP contribution < -0.4 is 10.7 Å². The first-order valence-electron chi connectivity index (χ1n) is 7.26. The van der Waals surface area contributed by atoms with E-state index in [4.69, 9.17) is 4.42 Å². The monoisotopic (exact) mass is 351 g/mol. The number of benzene rings is 1. The van der Waals surface area contributed by atoms with E-state index >= 15 is 0 Å². The van der Waals surface area contributed by atoms with Crippen LogP contribution in [0.4, 0.5) is 0 Å². The highest BCUT2D eigenvalue weighted by Gasteiger charge is 2.29. The average Bonchev–Trinajstić information content (AvgIpc) is 2.78. The summed E-state index contributed by atoms with van der Waals surface area (Å²) < 4.78 is 5.50. The maximum Gasteiger partial charge on any atom is 0.287 e. The van der Waals surface area contributed by atoms with E-state index in [0.717, 1.165) is 11.5 Å². The Morgan fingerprint density at radius 1 is 1.26 bits per heavy atom. The lowest BCUT2D eigenvalue weighted by Crippen LogP contribution is -2.46. The van der Waals surface area contributed by atoms with Gasteiger partial charge in [-0.3, -0.25) is 9.59 Å². The summed E-state index contributed by atoms with van der Waals surface area (Å²) in [7, 11) is 0. The van der Waals surface area contributed by atoms with Gasteiger partial charge in [0.2, 0.25) is 0 Å². The molecule has 1 aliphatic heterocycles. The fourth-order valence-corrected chi connectivity index (χ4v) is 4.86. The maximum atomic E-state index is 12.2. The Balaban J connectivity index is 1.74. The summed E-state index contributed by atoms with van der Waals surface area (Å²) in [4.78, 5) is 24.3. The minimum atomic E-state index is -0.932. The van der Waals surface area contributed by atoms with Crippen LogP contribution >= 0.6 is 23.5 Å². The van der Waals surface area contributed by atoms with E-state index in [1.807, 2.05) is 0 Å². The number of hydrogen-bond donors (Lipinski definition) is 2. The molecular weight excluding hydrogens is 334 g/mol. The molecule has 2 heterocycles. The Bertz CT molecular complexity index is 766. The van der Waals surface area contributed by atoms with E-state index in [0.29, 0.717) is 22.5 Å². The van der Waals surface area contributed by atoms with Crippen LogP contribution in [0.1, 0.15) is 10.6 Å². The van der Waals surface area contributed by atoms with Gasteiger partial charge in [-0.2, -0.15) is 23.5 Å². The van der Waals surface area contributed by atoms with Crippen molar-refractivity contribution < 1.29 is 14.3 Å². The molecule has 1 fully saturated rings. The lowest BCUT2D eigenvalue weighted by molar-refractivity contribution is 0.0737. The minimum Gasteiger partial charge on any atom is -0.451 e. The standard InChI is InChI=1S/C16H17NO4S2/c18-12-7-14(21-13-4-2-1-3-11(12)13)15(19)17-8-16(20)9-22-5-6-23-10-16/h1-4,7,20H,5-6,8-10H2,(H,17,19). The fourth-order valence-electron chi connectivity index (χ4n) is 2.33. The van der Waals surface area contributed by atoms with Crippen LogP contribution in [0, 0.1) is 0 Å². The Morgan fingerprint density at radius 2 is 1.96 bits per heavy atom. The molecule has 5 nitrogen and oxygen atoms in total. The van der Waals surface area contributed by atoms with Crippen molar-refractivity contribution in [2.45, 2.75) is 5.60 Å². The second-order valence-corrected chi connectivity index (χ2v) is 7.69. The number of nitrogens with one attached hydrogen (secondary N) is 1. The predicted molar refractivity (Wildman–Crippen MR) is 94.4 cm³/mol. The van der Waals surface area contributed by atoms with Crippen molar-refractivity contribution in [2.24, 2.45) is 0 Å². The molecule has 0 unspecified atom stereocenters. The normalized spacial score (nSPS) is 17.6. The number of rotatable bonds is 3. The first-order chi connectivity index (χ1) is 11.1. The largest absolute Gasteiger partial charge is 0.451 e. The molecule has 122 valence electrons. The van der Waals surface area contributed by atoms with E-state index < -0.39 is 11.5 Å². The van der Waals surface area contributed by atoms with Crippen LogP contribution in [0.15, 0.2) is 39.5 Å². The van der Waals surface area contributed by atoms with Gasteiger partial charge in [0.25, 0.3) is 5.91 Å². The number of amides is 1. The SMILES string of the molecule is O=C(NCC1(O)CSCCSC1)c1cc(=O)c2ccccc2o1. The highest BCUT2D eigenvalue weighted by atomic mass is 32.2. The zero-order valence-corrected chi connectivity index (χ0v) is 14.0. The average molecular weight is 351 g/mol. The zero-order valence-electron chi connectivity index (χ0n) is 12.4. The molecule has 0 aliphatic carbocycles. The van der Waals surface area contributed by atoms with Gasteiger partial charge in [-0.05, 0) is 12.1 Å². The Kier molecular flexibility index (Phi) is 4.99. The number of carbonyl (C=O) groups excluding carboxylic acids is 1. The molecule has 0 spiro atoms. The van der Waals surface area contributed by atoms with Gasteiger partial charge in [0.05, 0.1) is 11.0 Å². The highest BCUT2D eigenvalue weighted by molar-refractivity contribution is 8.03. The highest BCUT2D eigenvalue weighted by Crippen LogP contribution is 2.24. The summed E-state index contributed by atoms with van der Waals surface area (Å²) in [5, 5.41) is 13.6. The molecule has 1 aliphatic rings. The van der Waals surface area contributed by atoms with Crippen molar-refractivity contribution in [1.29, 1.82) is 0 Å². The van der Waals surface area contributed by atoms with Crippen molar-refractivity contribution in [3.8, 4) is 0 Å². The maximum absolute atomic E-state index is 12.2. The third kappa shape index (κ3) is 3.91. The molecule has 0 saturated carbocycles. The lowest BCUT2D eigenvalue weighted by atomic mass is 10.1. The lowest BCUT2D eigenvalue weighted by Gasteiger charge is -2.25. The number of thioether (sulfide) groups is 2. The number of carbonyl (C=O) groups is 1. The summed E-state index contributed by atoms with van der Waals surface area (Å²) >= 11 is 3.36. The summed E-state index contributed by atoms with van der Waals surface area (Å²) in [6.07, 6.45) is 0. The van der Waals surface area contributed by atoms with E-state index in [1.54, 1.807) is 47.8 Å². The van der Waals surface area contributed by atoms with Gasteiger partial charge in [-0.1, -0.05) is 12.1 Å². The summed E-state index contributed by atoms with van der Waals surface area (Å²) in [6, 6.07) is 8.00. The number of fused-ring (bicyclic) bond motifs is 1. The van der Waals surface area contributed by atoms with Gasteiger partial charge < -0.3 is 14.8 Å². The van der Waals surface area contributed by atoms with Gasteiger partial charge in [0.1, 0.15) is 5.58 Å². The molecule has 0 atom stereocenters. The van der Waals surface area contributed by atoms with Gasteiger partial charge >= 0.3 is 0 Å². The van der Waals surface area contributed by atoms with Crippen LogP contribution in [0.2, 0.25) is 0 Å². The van der Waals surface area contributed by atoms with Crippen LogP contribution in [0.3, 0.4) is 0 Å². The molecule has 1 aromatic carbocycles. The molecule has 0 bridgehead atoms.